The minimum atomic E-state index is -0.0654. The summed E-state index contributed by atoms with van der Waals surface area (Å²) in [6, 6.07) is 11.7. The molecule has 0 spiro atoms. The van der Waals surface area contributed by atoms with Crippen LogP contribution in [0.4, 0.5) is 17.3 Å². The van der Waals surface area contributed by atoms with E-state index in [9.17, 15) is 9.90 Å². The van der Waals surface area contributed by atoms with Gasteiger partial charge in [0, 0.05) is 31.4 Å². The summed E-state index contributed by atoms with van der Waals surface area (Å²) in [5, 5.41) is 12.6. The number of aliphatic hydroxyl groups is 1. The third kappa shape index (κ3) is 4.09. The third-order valence-electron chi connectivity index (χ3n) is 5.68. The summed E-state index contributed by atoms with van der Waals surface area (Å²) in [5.74, 6) is 1.71. The molecule has 0 aliphatic carbocycles. The van der Waals surface area contributed by atoms with Gasteiger partial charge in [-0.3, -0.25) is 4.79 Å². The molecule has 1 amide bonds. The SMILES string of the molecule is O=C(Nc1ccccc1)[C@H]1CCCN(c2cc(N3CCC[C@H]3CO)ncn2)C1. The fraction of sp³-hybridized carbons (Fsp3) is 0.476. The van der Waals surface area contributed by atoms with Gasteiger partial charge in [-0.1, -0.05) is 18.2 Å². The summed E-state index contributed by atoms with van der Waals surface area (Å²) in [7, 11) is 0. The van der Waals surface area contributed by atoms with Gasteiger partial charge in [0.05, 0.1) is 18.6 Å². The minimum absolute atomic E-state index is 0.0602. The summed E-state index contributed by atoms with van der Waals surface area (Å²) in [6.07, 6.45) is 5.48. The Balaban J connectivity index is 1.44. The topological polar surface area (TPSA) is 81.6 Å². The molecule has 4 rings (SSSR count). The molecule has 0 radical (unpaired) electrons. The molecule has 0 unspecified atom stereocenters. The maximum absolute atomic E-state index is 12.7. The smallest absolute Gasteiger partial charge is 0.229 e. The van der Waals surface area contributed by atoms with E-state index in [0.29, 0.717) is 6.54 Å². The van der Waals surface area contributed by atoms with Gasteiger partial charge in [0.2, 0.25) is 5.91 Å². The van der Waals surface area contributed by atoms with Gasteiger partial charge < -0.3 is 20.2 Å². The minimum Gasteiger partial charge on any atom is -0.394 e. The predicted octanol–water partition coefficient (Wildman–Crippen LogP) is 2.29. The molecule has 2 saturated heterocycles. The summed E-state index contributed by atoms with van der Waals surface area (Å²) >= 11 is 0. The van der Waals surface area contributed by atoms with E-state index >= 15 is 0 Å². The molecule has 3 heterocycles. The lowest BCUT2D eigenvalue weighted by atomic mass is 9.97. The molecule has 2 aromatic rings. The van der Waals surface area contributed by atoms with Crippen LogP contribution in [0.15, 0.2) is 42.7 Å². The Morgan fingerprint density at radius 1 is 1.11 bits per heavy atom. The maximum Gasteiger partial charge on any atom is 0.229 e. The van der Waals surface area contributed by atoms with Crippen LogP contribution in [0.25, 0.3) is 0 Å². The Hall–Kier alpha value is -2.67. The largest absolute Gasteiger partial charge is 0.394 e. The number of nitrogens with zero attached hydrogens (tertiary/aromatic N) is 4. The zero-order chi connectivity index (χ0) is 19.3. The van der Waals surface area contributed by atoms with Crippen molar-refractivity contribution < 1.29 is 9.90 Å². The van der Waals surface area contributed by atoms with Crippen molar-refractivity contribution in [2.45, 2.75) is 31.7 Å². The molecule has 28 heavy (non-hydrogen) atoms. The zero-order valence-electron chi connectivity index (χ0n) is 16.0. The molecule has 2 N–H and O–H groups in total. The molecule has 7 nitrogen and oxygen atoms in total. The molecular weight excluding hydrogens is 354 g/mol. The van der Waals surface area contributed by atoms with Gasteiger partial charge in [0.1, 0.15) is 18.0 Å². The van der Waals surface area contributed by atoms with E-state index in [-0.39, 0.29) is 24.5 Å². The van der Waals surface area contributed by atoms with E-state index in [1.165, 1.54) is 0 Å². The summed E-state index contributed by atoms with van der Waals surface area (Å²) < 4.78 is 0. The van der Waals surface area contributed by atoms with Crippen molar-refractivity contribution in [1.82, 2.24) is 9.97 Å². The Bertz CT molecular complexity index is 800. The van der Waals surface area contributed by atoms with Crippen molar-refractivity contribution >= 4 is 23.2 Å². The first kappa shape index (κ1) is 18.7. The second kappa shape index (κ2) is 8.56. The van der Waals surface area contributed by atoms with Crippen molar-refractivity contribution in [3.05, 3.63) is 42.7 Å². The van der Waals surface area contributed by atoms with Gasteiger partial charge in [-0.05, 0) is 37.8 Å². The van der Waals surface area contributed by atoms with Crippen LogP contribution in [0.1, 0.15) is 25.7 Å². The summed E-state index contributed by atoms with van der Waals surface area (Å²) in [6.45, 7) is 2.59. The highest BCUT2D eigenvalue weighted by Crippen LogP contribution is 2.28. The van der Waals surface area contributed by atoms with Gasteiger partial charge in [-0.2, -0.15) is 0 Å². The number of amides is 1. The number of aromatic nitrogens is 2. The number of nitrogens with one attached hydrogen (secondary N) is 1. The lowest BCUT2D eigenvalue weighted by molar-refractivity contribution is -0.120. The normalized spacial score (nSPS) is 22.3. The molecule has 1 aromatic carbocycles. The Morgan fingerprint density at radius 3 is 2.71 bits per heavy atom. The Morgan fingerprint density at radius 2 is 1.89 bits per heavy atom. The number of hydrogen-bond donors (Lipinski definition) is 2. The number of carbonyl (C=O) groups excluding carboxylic acids is 1. The number of carbonyl (C=O) groups is 1. The van der Waals surface area contributed by atoms with E-state index in [4.69, 9.17) is 0 Å². The molecule has 7 heteroatoms. The number of piperidine rings is 1. The standard InChI is InChI=1S/C21H27N5O2/c27-14-18-9-5-11-26(18)20-12-19(22-15-23-20)25-10-4-6-16(13-25)21(28)24-17-7-2-1-3-8-17/h1-3,7-8,12,15-16,18,27H,4-6,9-11,13-14H2,(H,24,28)/t16-,18-/m0/s1. The van der Waals surface area contributed by atoms with Gasteiger partial charge >= 0.3 is 0 Å². The van der Waals surface area contributed by atoms with Crippen LogP contribution in [-0.2, 0) is 4.79 Å². The lowest BCUT2D eigenvalue weighted by Crippen LogP contribution is -2.41. The third-order valence-corrected chi connectivity index (χ3v) is 5.68. The first-order valence-electron chi connectivity index (χ1n) is 10.0. The number of aliphatic hydroxyl groups excluding tert-OH is 1. The van der Waals surface area contributed by atoms with Crippen molar-refractivity contribution in [3.63, 3.8) is 0 Å². The number of anilines is 3. The van der Waals surface area contributed by atoms with E-state index in [0.717, 1.165) is 56.1 Å². The second-order valence-electron chi connectivity index (χ2n) is 7.55. The fourth-order valence-corrected chi connectivity index (χ4v) is 4.16. The van der Waals surface area contributed by atoms with Crippen molar-refractivity contribution in [3.8, 4) is 0 Å². The predicted molar refractivity (Wildman–Crippen MR) is 109 cm³/mol. The van der Waals surface area contributed by atoms with Crippen molar-refractivity contribution in [1.29, 1.82) is 0 Å². The highest BCUT2D eigenvalue weighted by molar-refractivity contribution is 5.93. The Kier molecular flexibility index (Phi) is 5.71. The second-order valence-corrected chi connectivity index (χ2v) is 7.55. The van der Waals surface area contributed by atoms with Crippen molar-refractivity contribution in [2.24, 2.45) is 5.92 Å². The van der Waals surface area contributed by atoms with Crippen LogP contribution in [0.5, 0.6) is 0 Å². The number of para-hydroxylation sites is 1. The van der Waals surface area contributed by atoms with Crippen LogP contribution in [0.2, 0.25) is 0 Å². The average Bonchev–Trinajstić information content (AvgIpc) is 3.24. The number of benzene rings is 1. The first-order valence-corrected chi connectivity index (χ1v) is 10.0. The molecule has 2 aliphatic rings. The summed E-state index contributed by atoms with van der Waals surface area (Å²) in [4.78, 5) is 25.9. The van der Waals surface area contributed by atoms with Crippen LogP contribution >= 0.6 is 0 Å². The molecule has 0 saturated carbocycles. The van der Waals surface area contributed by atoms with Gasteiger partial charge in [-0.15, -0.1) is 0 Å². The first-order chi connectivity index (χ1) is 13.7. The van der Waals surface area contributed by atoms with Gasteiger partial charge in [0.25, 0.3) is 0 Å². The van der Waals surface area contributed by atoms with E-state index < -0.39 is 0 Å². The summed E-state index contributed by atoms with van der Waals surface area (Å²) in [5.41, 5.74) is 0.832. The molecule has 1 aromatic heterocycles. The highest BCUT2D eigenvalue weighted by atomic mass is 16.3. The molecular formula is C21H27N5O2. The van der Waals surface area contributed by atoms with Crippen LogP contribution < -0.4 is 15.1 Å². The lowest BCUT2D eigenvalue weighted by Gasteiger charge is -2.33. The number of rotatable bonds is 5. The average molecular weight is 381 g/mol. The van der Waals surface area contributed by atoms with Gasteiger partial charge in [-0.25, -0.2) is 9.97 Å². The van der Waals surface area contributed by atoms with Crippen LogP contribution in [-0.4, -0.2) is 53.3 Å². The van der Waals surface area contributed by atoms with Crippen LogP contribution in [0.3, 0.4) is 0 Å². The quantitative estimate of drug-likeness (QED) is 0.827. The van der Waals surface area contributed by atoms with Gasteiger partial charge in [0.15, 0.2) is 0 Å². The fourth-order valence-electron chi connectivity index (χ4n) is 4.16. The molecule has 148 valence electrons. The molecule has 2 aliphatic heterocycles. The zero-order valence-corrected chi connectivity index (χ0v) is 16.0. The van der Waals surface area contributed by atoms with E-state index in [1.54, 1.807) is 6.33 Å². The van der Waals surface area contributed by atoms with E-state index in [2.05, 4.69) is 25.1 Å². The number of hydrogen-bond acceptors (Lipinski definition) is 6. The molecule has 2 atom stereocenters. The van der Waals surface area contributed by atoms with Crippen LogP contribution in [0, 0.1) is 5.92 Å². The van der Waals surface area contributed by atoms with Crippen molar-refractivity contribution in [2.75, 3.05) is 41.4 Å². The molecule has 2 fully saturated rings. The van der Waals surface area contributed by atoms with E-state index in [1.807, 2.05) is 36.4 Å². The highest BCUT2D eigenvalue weighted by Gasteiger charge is 2.29. The maximum atomic E-state index is 12.7. The monoisotopic (exact) mass is 381 g/mol. The Labute approximate surface area is 165 Å². The molecule has 0 bridgehead atoms.